The molecular weight excluding hydrogens is 334 g/mol. The van der Waals surface area contributed by atoms with Crippen molar-refractivity contribution < 1.29 is 9.15 Å². The number of benzene rings is 1. The van der Waals surface area contributed by atoms with Crippen molar-refractivity contribution in [3.05, 3.63) is 36.1 Å². The van der Waals surface area contributed by atoms with Gasteiger partial charge in [-0.1, -0.05) is 12.1 Å². The number of nitrogens with two attached hydrogens (primary N) is 1. The molecule has 1 atom stereocenters. The van der Waals surface area contributed by atoms with Gasteiger partial charge in [0.15, 0.2) is 5.96 Å². The molecule has 1 fully saturated rings. The maximum atomic E-state index is 5.85. The summed E-state index contributed by atoms with van der Waals surface area (Å²) in [5, 5.41) is 4.21. The fourth-order valence-electron chi connectivity index (χ4n) is 2.35. The monoisotopic (exact) mass is 353 g/mol. The van der Waals surface area contributed by atoms with Crippen LogP contribution >= 0.6 is 17.0 Å². The normalized spacial score (nSPS) is 18.7. The maximum Gasteiger partial charge on any atom is 0.189 e. The number of ether oxygens (including phenoxy) is 1. The fourth-order valence-corrected chi connectivity index (χ4v) is 2.35. The quantitative estimate of drug-likeness (QED) is 0.654. The zero-order valence-corrected chi connectivity index (χ0v) is 13.5. The van der Waals surface area contributed by atoms with E-state index in [-0.39, 0.29) is 23.1 Å². The first-order valence-electron chi connectivity index (χ1n) is 6.93. The first-order valence-corrected chi connectivity index (χ1v) is 6.93. The molecule has 0 amide bonds. The van der Waals surface area contributed by atoms with Gasteiger partial charge in [0.1, 0.15) is 5.58 Å². The number of halogens is 1. The van der Waals surface area contributed by atoms with Crippen LogP contribution < -0.4 is 11.1 Å². The molecule has 0 radical (unpaired) electrons. The predicted molar refractivity (Wildman–Crippen MR) is 88.8 cm³/mol. The molecule has 1 saturated heterocycles. The number of hydrogen-bond donors (Lipinski definition) is 2. The van der Waals surface area contributed by atoms with Crippen molar-refractivity contribution in [2.75, 3.05) is 13.2 Å². The molecule has 0 spiro atoms. The summed E-state index contributed by atoms with van der Waals surface area (Å²) in [5.41, 5.74) is 7.81. The van der Waals surface area contributed by atoms with E-state index >= 15 is 0 Å². The third-order valence-corrected chi connectivity index (χ3v) is 3.49. The lowest BCUT2D eigenvalue weighted by molar-refractivity contribution is 0.114. The van der Waals surface area contributed by atoms with Crippen molar-refractivity contribution >= 4 is 33.9 Å². The number of nitrogens with zero attached hydrogens (tertiary/aromatic N) is 1. The number of aliphatic imine (C=N–C) groups is 1. The van der Waals surface area contributed by atoms with Gasteiger partial charge in [-0.15, -0.1) is 17.0 Å². The van der Waals surface area contributed by atoms with Gasteiger partial charge < -0.3 is 20.2 Å². The molecule has 2 heterocycles. The van der Waals surface area contributed by atoms with Crippen LogP contribution in [0.15, 0.2) is 39.9 Å². The highest BCUT2D eigenvalue weighted by molar-refractivity contribution is 8.93. The third-order valence-electron chi connectivity index (χ3n) is 3.49. The Kier molecular flexibility index (Phi) is 5.64. The summed E-state index contributed by atoms with van der Waals surface area (Å²) in [6.07, 6.45) is 4.18. The number of furan rings is 1. The molecule has 21 heavy (non-hydrogen) atoms. The average molecular weight is 354 g/mol. The van der Waals surface area contributed by atoms with Gasteiger partial charge in [-0.3, -0.25) is 0 Å². The standard InChI is InChI=1S/C15H19N3O2.BrH/c16-15(18-10-13-2-1-6-19-13)17-9-11-3-4-12-5-7-20-14(12)8-11;/h3-5,7-8,13H,1-2,6,9-10H2,(H3,16,17,18);1H/t13-;/m1./s1. The van der Waals surface area contributed by atoms with E-state index in [0.717, 1.165) is 42.5 Å². The van der Waals surface area contributed by atoms with Crippen molar-refractivity contribution in [1.82, 2.24) is 5.32 Å². The summed E-state index contributed by atoms with van der Waals surface area (Å²) in [4.78, 5) is 4.33. The summed E-state index contributed by atoms with van der Waals surface area (Å²) in [6.45, 7) is 2.13. The van der Waals surface area contributed by atoms with E-state index in [0.29, 0.717) is 12.5 Å². The predicted octanol–water partition coefficient (Wildman–Crippen LogP) is 2.59. The average Bonchev–Trinajstić information content (AvgIpc) is 3.13. The van der Waals surface area contributed by atoms with Crippen LogP contribution in [0, 0.1) is 0 Å². The van der Waals surface area contributed by atoms with E-state index in [2.05, 4.69) is 10.3 Å². The van der Waals surface area contributed by atoms with Crippen molar-refractivity contribution in [3.63, 3.8) is 0 Å². The molecule has 2 aromatic rings. The fraction of sp³-hybridized carbons (Fsp3) is 0.400. The molecule has 1 aliphatic heterocycles. The third kappa shape index (κ3) is 4.22. The summed E-state index contributed by atoms with van der Waals surface area (Å²) >= 11 is 0. The molecule has 114 valence electrons. The van der Waals surface area contributed by atoms with Gasteiger partial charge in [-0.25, -0.2) is 4.99 Å². The minimum atomic E-state index is 0. The summed E-state index contributed by atoms with van der Waals surface area (Å²) in [6, 6.07) is 8.00. The summed E-state index contributed by atoms with van der Waals surface area (Å²) < 4.78 is 10.9. The van der Waals surface area contributed by atoms with Gasteiger partial charge in [-0.2, -0.15) is 0 Å². The second-order valence-corrected chi connectivity index (χ2v) is 5.01. The topological polar surface area (TPSA) is 72.8 Å². The lowest BCUT2D eigenvalue weighted by Gasteiger charge is -2.11. The SMILES string of the molecule is Br.NC(=NCc1ccc2ccoc2c1)NC[C@H]1CCCO1. The van der Waals surface area contributed by atoms with Crippen LogP contribution in [-0.2, 0) is 11.3 Å². The zero-order valence-electron chi connectivity index (χ0n) is 11.7. The highest BCUT2D eigenvalue weighted by Gasteiger charge is 2.14. The van der Waals surface area contributed by atoms with E-state index < -0.39 is 0 Å². The minimum Gasteiger partial charge on any atom is -0.464 e. The largest absolute Gasteiger partial charge is 0.464 e. The zero-order chi connectivity index (χ0) is 13.8. The molecule has 0 aliphatic carbocycles. The number of fused-ring (bicyclic) bond motifs is 1. The molecule has 0 bridgehead atoms. The van der Waals surface area contributed by atoms with E-state index in [4.69, 9.17) is 14.9 Å². The van der Waals surface area contributed by atoms with Crippen LogP contribution in [0.1, 0.15) is 18.4 Å². The molecule has 0 saturated carbocycles. The number of nitrogens with one attached hydrogen (secondary N) is 1. The molecule has 1 aliphatic rings. The minimum absolute atomic E-state index is 0. The highest BCUT2D eigenvalue weighted by atomic mass is 79.9. The number of rotatable bonds is 4. The molecule has 5 nitrogen and oxygen atoms in total. The van der Waals surface area contributed by atoms with Crippen LogP contribution in [-0.4, -0.2) is 25.2 Å². The van der Waals surface area contributed by atoms with E-state index in [9.17, 15) is 0 Å². The van der Waals surface area contributed by atoms with Crippen molar-refractivity contribution in [2.45, 2.75) is 25.5 Å². The van der Waals surface area contributed by atoms with Crippen molar-refractivity contribution in [3.8, 4) is 0 Å². The van der Waals surface area contributed by atoms with Gasteiger partial charge in [0.05, 0.1) is 18.9 Å². The molecule has 1 aromatic heterocycles. The summed E-state index contributed by atoms with van der Waals surface area (Å²) in [7, 11) is 0. The van der Waals surface area contributed by atoms with Crippen molar-refractivity contribution in [2.24, 2.45) is 10.7 Å². The number of guanidine groups is 1. The van der Waals surface area contributed by atoms with E-state index in [1.54, 1.807) is 6.26 Å². The maximum absolute atomic E-state index is 5.85. The van der Waals surface area contributed by atoms with Gasteiger partial charge in [0.2, 0.25) is 0 Å². The molecule has 6 heteroatoms. The van der Waals surface area contributed by atoms with E-state index in [1.165, 1.54) is 0 Å². The van der Waals surface area contributed by atoms with Crippen LogP contribution in [0.4, 0.5) is 0 Å². The van der Waals surface area contributed by atoms with Crippen LogP contribution in [0.2, 0.25) is 0 Å². The van der Waals surface area contributed by atoms with Crippen LogP contribution in [0.3, 0.4) is 0 Å². The molecule has 3 N–H and O–H groups in total. The lowest BCUT2D eigenvalue weighted by atomic mass is 10.2. The number of hydrogen-bond acceptors (Lipinski definition) is 3. The Bertz CT molecular complexity index is 606. The van der Waals surface area contributed by atoms with Crippen molar-refractivity contribution in [1.29, 1.82) is 0 Å². The van der Waals surface area contributed by atoms with Crippen LogP contribution in [0.25, 0.3) is 11.0 Å². The Hall–Kier alpha value is -1.53. The smallest absolute Gasteiger partial charge is 0.189 e. The first kappa shape index (κ1) is 15.9. The van der Waals surface area contributed by atoms with Gasteiger partial charge in [-0.05, 0) is 30.5 Å². The highest BCUT2D eigenvalue weighted by Crippen LogP contribution is 2.17. The Labute approximate surface area is 134 Å². The Balaban J connectivity index is 0.00000161. The van der Waals surface area contributed by atoms with E-state index in [1.807, 2.05) is 24.3 Å². The first-order chi connectivity index (χ1) is 9.81. The second-order valence-electron chi connectivity index (χ2n) is 5.01. The van der Waals surface area contributed by atoms with Gasteiger partial charge >= 0.3 is 0 Å². The Morgan fingerprint density at radius 3 is 3.10 bits per heavy atom. The second kappa shape index (κ2) is 7.47. The van der Waals surface area contributed by atoms with Crippen LogP contribution in [0.5, 0.6) is 0 Å². The molecule has 3 rings (SSSR count). The Morgan fingerprint density at radius 1 is 1.38 bits per heavy atom. The molecule has 0 unspecified atom stereocenters. The lowest BCUT2D eigenvalue weighted by Crippen LogP contribution is -2.37. The van der Waals surface area contributed by atoms with Gasteiger partial charge in [0.25, 0.3) is 0 Å². The van der Waals surface area contributed by atoms with Gasteiger partial charge in [0, 0.05) is 18.5 Å². The Morgan fingerprint density at radius 2 is 2.29 bits per heavy atom. The summed E-state index contributed by atoms with van der Waals surface area (Å²) in [5.74, 6) is 0.458. The molecule has 1 aromatic carbocycles. The molecular formula is C15H20BrN3O2.